The van der Waals surface area contributed by atoms with E-state index in [0.717, 1.165) is 32.7 Å². The van der Waals surface area contributed by atoms with Crippen molar-refractivity contribution in [3.8, 4) is 0 Å². The average Bonchev–Trinajstić information content (AvgIpc) is 2.88. The highest BCUT2D eigenvalue weighted by molar-refractivity contribution is 4.66. The summed E-state index contributed by atoms with van der Waals surface area (Å²) in [5.41, 5.74) is 0. The lowest BCUT2D eigenvalue weighted by molar-refractivity contribution is -0.0720. The molecule has 2 rings (SSSR count). The topological polar surface area (TPSA) is 71.1 Å². The van der Waals surface area contributed by atoms with E-state index >= 15 is 0 Å². The van der Waals surface area contributed by atoms with E-state index in [0.29, 0.717) is 86.0 Å². The first-order valence-electron chi connectivity index (χ1n) is 13.0. The fourth-order valence-electron chi connectivity index (χ4n) is 3.08. The summed E-state index contributed by atoms with van der Waals surface area (Å²) in [6, 6.07) is 0. The van der Waals surface area contributed by atoms with Gasteiger partial charge in [0.2, 0.25) is 0 Å². The molecule has 0 saturated carbocycles. The highest BCUT2D eigenvalue weighted by atomic mass is 16.6. The number of hydrogen-bond donors (Lipinski definition) is 0. The van der Waals surface area contributed by atoms with Crippen LogP contribution in [0.15, 0.2) is 12.7 Å². The van der Waals surface area contributed by atoms with Crippen LogP contribution >= 0.6 is 0 Å². The summed E-state index contributed by atoms with van der Waals surface area (Å²) < 4.78 is 40.5. The Bertz CT molecular complexity index is 419. The molecule has 0 radical (unpaired) electrons. The SMILES string of the molecule is C.C=CCOCC1COCCN2CCOCCOCCN(CCO1)COCCOCC2.CC.CC. The molecule has 9 heteroatoms. The van der Waals surface area contributed by atoms with Crippen molar-refractivity contribution >= 4 is 0 Å². The number of fused-ring (bicyclic) bond motifs is 8. The van der Waals surface area contributed by atoms with Gasteiger partial charge in [-0.2, -0.15) is 0 Å². The molecule has 3 atom stereocenters. The van der Waals surface area contributed by atoms with Crippen molar-refractivity contribution in [1.82, 2.24) is 9.80 Å². The normalized spacial score (nSPS) is 26.0. The van der Waals surface area contributed by atoms with Crippen LogP contribution in [-0.4, -0.2) is 135 Å². The van der Waals surface area contributed by atoms with E-state index in [2.05, 4.69) is 16.4 Å². The zero-order chi connectivity index (χ0) is 25.1. The van der Waals surface area contributed by atoms with Crippen LogP contribution in [0.5, 0.6) is 0 Å². The van der Waals surface area contributed by atoms with Gasteiger partial charge < -0.3 is 33.2 Å². The van der Waals surface area contributed by atoms with Gasteiger partial charge in [0.15, 0.2) is 0 Å². The Kier molecular flexibility index (Phi) is 30.9. The minimum absolute atomic E-state index is 0. The van der Waals surface area contributed by atoms with Crippen LogP contribution in [0.1, 0.15) is 35.1 Å². The van der Waals surface area contributed by atoms with E-state index in [1.54, 1.807) is 6.08 Å². The predicted molar refractivity (Wildman–Crippen MR) is 142 cm³/mol. The van der Waals surface area contributed by atoms with Gasteiger partial charge in [-0.25, -0.2) is 0 Å². The van der Waals surface area contributed by atoms with E-state index in [4.69, 9.17) is 33.2 Å². The van der Waals surface area contributed by atoms with Crippen molar-refractivity contribution in [3.05, 3.63) is 12.7 Å². The maximum atomic E-state index is 6.06. The third-order valence-corrected chi connectivity index (χ3v) is 4.83. The molecule has 2 aliphatic heterocycles. The number of ether oxygens (including phenoxy) is 7. The highest BCUT2D eigenvalue weighted by Crippen LogP contribution is 2.01. The lowest BCUT2D eigenvalue weighted by Gasteiger charge is -2.25. The van der Waals surface area contributed by atoms with Crippen LogP contribution in [0, 0.1) is 0 Å². The Labute approximate surface area is 215 Å². The minimum Gasteiger partial charge on any atom is -0.378 e. The third-order valence-electron chi connectivity index (χ3n) is 4.83. The summed E-state index contributed by atoms with van der Waals surface area (Å²) in [5, 5.41) is 0. The second-order valence-electron chi connectivity index (χ2n) is 7.23. The minimum atomic E-state index is -0.112. The third kappa shape index (κ3) is 22.3. The van der Waals surface area contributed by atoms with Crippen molar-refractivity contribution in [2.24, 2.45) is 0 Å². The quantitative estimate of drug-likeness (QED) is 0.324. The Morgan fingerprint density at radius 1 is 0.686 bits per heavy atom. The second-order valence-corrected chi connectivity index (χ2v) is 7.23. The smallest absolute Gasteiger partial charge is 0.104 e. The zero-order valence-electron chi connectivity index (χ0n) is 22.3. The summed E-state index contributed by atoms with van der Waals surface area (Å²) in [6.07, 6.45) is 1.63. The molecule has 2 aliphatic rings. The van der Waals surface area contributed by atoms with Gasteiger partial charge in [-0.05, 0) is 0 Å². The predicted octanol–water partition coefficient (Wildman–Crippen LogP) is 2.93. The Hall–Kier alpha value is -0.620. The molecule has 0 N–H and O–H groups in total. The standard InChI is InChI=1S/C21H40N2O7.2C2H6.CH4/c1-2-8-27-18-21-19-28-12-5-22-3-9-24-14-15-26-11-6-23(7-13-30-21)20-29-17-16-25-10-4-22;2*1-2;/h2,21H,1,3-20H2;2*1-2H3;1H4. The second kappa shape index (κ2) is 29.6. The maximum Gasteiger partial charge on any atom is 0.104 e. The van der Waals surface area contributed by atoms with E-state index in [1.807, 2.05) is 27.7 Å². The van der Waals surface area contributed by atoms with E-state index in [1.165, 1.54) is 0 Å². The molecule has 0 aromatic carbocycles. The molecule has 0 aromatic rings. The highest BCUT2D eigenvalue weighted by Gasteiger charge is 2.14. The first-order chi connectivity index (χ1) is 16.9. The average molecular weight is 509 g/mol. The first kappa shape index (κ1) is 36.5. The Morgan fingerprint density at radius 2 is 1.17 bits per heavy atom. The van der Waals surface area contributed by atoms with E-state index < -0.39 is 0 Å². The van der Waals surface area contributed by atoms with Crippen LogP contribution in [-0.2, 0) is 33.2 Å². The molecule has 3 unspecified atom stereocenters. The van der Waals surface area contributed by atoms with Gasteiger partial charge in [0.05, 0.1) is 86.0 Å². The van der Waals surface area contributed by atoms with Crippen molar-refractivity contribution in [1.29, 1.82) is 0 Å². The van der Waals surface area contributed by atoms with Gasteiger partial charge >= 0.3 is 0 Å². The number of hydrogen-bond acceptors (Lipinski definition) is 9. The van der Waals surface area contributed by atoms with Crippen molar-refractivity contribution in [3.63, 3.8) is 0 Å². The van der Waals surface area contributed by atoms with E-state index in [-0.39, 0.29) is 13.5 Å². The molecule has 9 nitrogen and oxygen atoms in total. The molecule has 0 aliphatic carbocycles. The summed E-state index contributed by atoms with van der Waals surface area (Å²) in [4.78, 5) is 4.48. The largest absolute Gasteiger partial charge is 0.378 e. The molecule has 2 bridgehead atoms. The van der Waals surface area contributed by atoms with Gasteiger partial charge in [-0.15, -0.1) is 6.58 Å². The van der Waals surface area contributed by atoms with Crippen LogP contribution in [0.2, 0.25) is 0 Å². The van der Waals surface area contributed by atoms with Crippen LogP contribution in [0.3, 0.4) is 0 Å². The van der Waals surface area contributed by atoms with Crippen molar-refractivity contribution < 1.29 is 33.2 Å². The molecule has 0 spiro atoms. The molecular weight excluding hydrogens is 452 g/mol. The van der Waals surface area contributed by atoms with Gasteiger partial charge in [-0.3, -0.25) is 9.80 Å². The molecule has 2 fully saturated rings. The monoisotopic (exact) mass is 508 g/mol. The summed E-state index contributed by atoms with van der Waals surface area (Å²) >= 11 is 0. The zero-order valence-corrected chi connectivity index (χ0v) is 22.3. The van der Waals surface area contributed by atoms with Crippen LogP contribution < -0.4 is 0 Å². The molecule has 35 heavy (non-hydrogen) atoms. The molecule has 0 amide bonds. The summed E-state index contributed by atoms with van der Waals surface area (Å²) in [7, 11) is 0. The molecular formula is C26H56N2O7. The van der Waals surface area contributed by atoms with Gasteiger partial charge in [0.1, 0.15) is 6.10 Å². The Morgan fingerprint density at radius 3 is 1.74 bits per heavy atom. The maximum absolute atomic E-state index is 6.06. The lowest BCUT2D eigenvalue weighted by Crippen LogP contribution is -2.37. The summed E-state index contributed by atoms with van der Waals surface area (Å²) in [5.74, 6) is 0. The fourth-order valence-corrected chi connectivity index (χ4v) is 3.08. The molecule has 212 valence electrons. The number of rotatable bonds is 4. The van der Waals surface area contributed by atoms with Crippen LogP contribution in [0.4, 0.5) is 0 Å². The fraction of sp³-hybridized carbons (Fsp3) is 0.923. The molecule has 2 heterocycles. The molecule has 0 aromatic heterocycles. The first-order valence-corrected chi connectivity index (χ1v) is 13.0. The number of nitrogens with zero attached hydrogens (tertiary/aromatic N) is 2. The van der Waals surface area contributed by atoms with Gasteiger partial charge in [0.25, 0.3) is 0 Å². The van der Waals surface area contributed by atoms with Crippen LogP contribution in [0.25, 0.3) is 0 Å². The lowest BCUT2D eigenvalue weighted by atomic mass is 10.4. The van der Waals surface area contributed by atoms with Crippen molar-refractivity contribution in [2.45, 2.75) is 41.2 Å². The van der Waals surface area contributed by atoms with Crippen molar-refractivity contribution in [2.75, 3.05) is 119 Å². The van der Waals surface area contributed by atoms with E-state index in [9.17, 15) is 0 Å². The molecule has 2 saturated heterocycles. The summed E-state index contributed by atoms with van der Waals surface area (Å²) in [6.45, 7) is 23.2. The Balaban J connectivity index is 0. The van der Waals surface area contributed by atoms with Gasteiger partial charge in [0, 0.05) is 32.7 Å². The van der Waals surface area contributed by atoms with Gasteiger partial charge in [-0.1, -0.05) is 41.2 Å².